The van der Waals surface area contributed by atoms with Crippen LogP contribution >= 0.6 is 0 Å². The van der Waals surface area contributed by atoms with E-state index < -0.39 is 12.1 Å². The third-order valence-electron chi connectivity index (χ3n) is 1.37. The van der Waals surface area contributed by atoms with Crippen molar-refractivity contribution >= 4 is 12.3 Å². The minimum absolute atomic E-state index is 0.313. The summed E-state index contributed by atoms with van der Waals surface area (Å²) in [5, 5.41) is 13.4. The van der Waals surface area contributed by atoms with E-state index in [0.717, 1.165) is 0 Å². The van der Waals surface area contributed by atoms with Crippen LogP contribution in [0, 0.1) is 5.92 Å². The Morgan fingerprint density at radius 3 is 2.55 bits per heavy atom. The van der Waals surface area contributed by atoms with Crippen LogP contribution < -0.4 is 10.6 Å². The van der Waals surface area contributed by atoms with Crippen molar-refractivity contribution in [3.05, 3.63) is 0 Å². The molecule has 0 aromatic carbocycles. The number of aliphatic hydroxyl groups is 1. The summed E-state index contributed by atoms with van der Waals surface area (Å²) in [7, 11) is 1.46. The standard InChI is InChI=1S/C6H12N2O3/c1-4(5(10)7-2)6(11)8-3-9/h3-4,6,11H,1-2H3,(H,7,10)(H,8,9). The number of aliphatic hydroxyl groups excluding tert-OH is 1. The Labute approximate surface area is 64.8 Å². The molecule has 0 rings (SSSR count). The van der Waals surface area contributed by atoms with Gasteiger partial charge in [0.15, 0.2) is 0 Å². The normalized spacial score (nSPS) is 14.8. The van der Waals surface area contributed by atoms with Gasteiger partial charge in [0.2, 0.25) is 12.3 Å². The Balaban J connectivity index is 3.89. The average molecular weight is 160 g/mol. The van der Waals surface area contributed by atoms with Gasteiger partial charge in [-0.15, -0.1) is 0 Å². The van der Waals surface area contributed by atoms with Gasteiger partial charge in [-0.05, 0) is 6.92 Å². The third kappa shape index (κ3) is 2.99. The van der Waals surface area contributed by atoms with Gasteiger partial charge in [0, 0.05) is 7.05 Å². The summed E-state index contributed by atoms with van der Waals surface area (Å²) in [5.41, 5.74) is 0. The number of amides is 2. The lowest BCUT2D eigenvalue weighted by Gasteiger charge is -2.15. The van der Waals surface area contributed by atoms with Crippen molar-refractivity contribution in [1.82, 2.24) is 10.6 Å². The minimum atomic E-state index is -1.12. The average Bonchev–Trinajstić information content (AvgIpc) is 2.02. The summed E-state index contributed by atoms with van der Waals surface area (Å²) in [6.07, 6.45) is -0.767. The third-order valence-corrected chi connectivity index (χ3v) is 1.37. The SMILES string of the molecule is CNC(=O)C(C)C(O)NC=O. The molecule has 0 bridgehead atoms. The highest BCUT2D eigenvalue weighted by Gasteiger charge is 2.19. The summed E-state index contributed by atoms with van der Waals surface area (Å²) >= 11 is 0. The molecule has 0 aliphatic rings. The van der Waals surface area contributed by atoms with Crippen LogP contribution in [0.2, 0.25) is 0 Å². The first-order chi connectivity index (χ1) is 5.13. The lowest BCUT2D eigenvalue weighted by Crippen LogP contribution is -2.41. The van der Waals surface area contributed by atoms with Crippen molar-refractivity contribution in [3.63, 3.8) is 0 Å². The Morgan fingerprint density at radius 2 is 2.18 bits per heavy atom. The number of carbonyl (C=O) groups excluding carboxylic acids is 2. The zero-order chi connectivity index (χ0) is 8.85. The quantitative estimate of drug-likeness (QED) is 0.343. The second kappa shape index (κ2) is 4.68. The predicted molar refractivity (Wildman–Crippen MR) is 38.4 cm³/mol. The van der Waals surface area contributed by atoms with Crippen LogP contribution in [-0.2, 0) is 9.59 Å². The molecule has 3 N–H and O–H groups in total. The molecular formula is C6H12N2O3. The Morgan fingerprint density at radius 1 is 1.64 bits per heavy atom. The van der Waals surface area contributed by atoms with Gasteiger partial charge in [-0.2, -0.15) is 0 Å². The molecule has 0 aromatic rings. The maximum Gasteiger partial charge on any atom is 0.227 e. The second-order valence-electron chi connectivity index (χ2n) is 2.13. The van der Waals surface area contributed by atoms with E-state index >= 15 is 0 Å². The zero-order valence-corrected chi connectivity index (χ0v) is 6.50. The fourth-order valence-corrected chi connectivity index (χ4v) is 0.585. The number of nitrogens with one attached hydrogen (secondary N) is 2. The lowest BCUT2D eigenvalue weighted by atomic mass is 10.1. The van der Waals surface area contributed by atoms with E-state index in [4.69, 9.17) is 5.11 Å². The van der Waals surface area contributed by atoms with Gasteiger partial charge in [-0.3, -0.25) is 9.59 Å². The van der Waals surface area contributed by atoms with E-state index in [1.807, 2.05) is 0 Å². The molecule has 0 aromatic heterocycles. The van der Waals surface area contributed by atoms with Crippen molar-refractivity contribution in [3.8, 4) is 0 Å². The van der Waals surface area contributed by atoms with Gasteiger partial charge in [-0.1, -0.05) is 0 Å². The monoisotopic (exact) mass is 160 g/mol. The molecule has 0 spiro atoms. The summed E-state index contributed by atoms with van der Waals surface area (Å²) in [6.45, 7) is 1.51. The van der Waals surface area contributed by atoms with Crippen molar-refractivity contribution in [1.29, 1.82) is 0 Å². The molecule has 0 saturated carbocycles. The lowest BCUT2D eigenvalue weighted by molar-refractivity contribution is -0.128. The first kappa shape index (κ1) is 9.90. The van der Waals surface area contributed by atoms with Crippen LogP contribution in [0.15, 0.2) is 0 Å². The second-order valence-corrected chi connectivity index (χ2v) is 2.13. The van der Waals surface area contributed by atoms with Crippen LogP contribution in [0.3, 0.4) is 0 Å². The van der Waals surface area contributed by atoms with E-state index in [9.17, 15) is 9.59 Å². The molecule has 2 unspecified atom stereocenters. The highest BCUT2D eigenvalue weighted by atomic mass is 16.3. The van der Waals surface area contributed by atoms with E-state index in [1.165, 1.54) is 14.0 Å². The van der Waals surface area contributed by atoms with Crippen molar-refractivity contribution in [2.24, 2.45) is 5.92 Å². The van der Waals surface area contributed by atoms with E-state index in [2.05, 4.69) is 10.6 Å². The van der Waals surface area contributed by atoms with Gasteiger partial charge in [0.25, 0.3) is 0 Å². The van der Waals surface area contributed by atoms with E-state index in [0.29, 0.717) is 6.41 Å². The molecule has 0 aliphatic heterocycles. The summed E-state index contributed by atoms with van der Waals surface area (Å²) in [6, 6.07) is 0. The molecule has 0 radical (unpaired) electrons. The molecule has 2 amide bonds. The maximum atomic E-state index is 10.8. The largest absolute Gasteiger partial charge is 0.373 e. The van der Waals surface area contributed by atoms with Crippen LogP contribution in [-0.4, -0.2) is 30.7 Å². The summed E-state index contributed by atoms with van der Waals surface area (Å²) in [4.78, 5) is 20.6. The molecule has 0 heterocycles. The van der Waals surface area contributed by atoms with Gasteiger partial charge < -0.3 is 15.7 Å². The Hall–Kier alpha value is -1.10. The van der Waals surface area contributed by atoms with Gasteiger partial charge >= 0.3 is 0 Å². The smallest absolute Gasteiger partial charge is 0.227 e. The Bertz CT molecular complexity index is 149. The van der Waals surface area contributed by atoms with E-state index in [1.54, 1.807) is 0 Å². The van der Waals surface area contributed by atoms with Gasteiger partial charge in [0.1, 0.15) is 6.23 Å². The van der Waals surface area contributed by atoms with Crippen molar-refractivity contribution < 1.29 is 14.7 Å². The molecule has 0 saturated heterocycles. The minimum Gasteiger partial charge on any atom is -0.373 e. The molecule has 5 nitrogen and oxygen atoms in total. The van der Waals surface area contributed by atoms with Crippen molar-refractivity contribution in [2.75, 3.05) is 7.05 Å². The number of hydrogen-bond acceptors (Lipinski definition) is 3. The van der Waals surface area contributed by atoms with Crippen LogP contribution in [0.5, 0.6) is 0 Å². The van der Waals surface area contributed by atoms with Crippen LogP contribution in [0.1, 0.15) is 6.92 Å². The van der Waals surface area contributed by atoms with Crippen molar-refractivity contribution in [2.45, 2.75) is 13.2 Å². The first-order valence-electron chi connectivity index (χ1n) is 3.22. The van der Waals surface area contributed by atoms with Gasteiger partial charge in [0.05, 0.1) is 5.92 Å². The number of rotatable bonds is 4. The topological polar surface area (TPSA) is 78.4 Å². The number of carbonyl (C=O) groups is 2. The fourth-order valence-electron chi connectivity index (χ4n) is 0.585. The maximum absolute atomic E-state index is 10.8. The zero-order valence-electron chi connectivity index (χ0n) is 6.50. The molecule has 11 heavy (non-hydrogen) atoms. The molecule has 0 aliphatic carbocycles. The molecular weight excluding hydrogens is 148 g/mol. The first-order valence-corrected chi connectivity index (χ1v) is 3.22. The van der Waals surface area contributed by atoms with Crippen LogP contribution in [0.4, 0.5) is 0 Å². The summed E-state index contributed by atoms with van der Waals surface area (Å²) in [5.74, 6) is -0.947. The molecule has 2 atom stereocenters. The molecule has 5 heteroatoms. The predicted octanol–water partition coefficient (Wildman–Crippen LogP) is -1.57. The highest BCUT2D eigenvalue weighted by molar-refractivity contribution is 5.78. The molecule has 64 valence electrons. The molecule has 0 fully saturated rings. The summed E-state index contributed by atoms with van der Waals surface area (Å²) < 4.78 is 0. The highest BCUT2D eigenvalue weighted by Crippen LogP contribution is 1.98. The fraction of sp³-hybridized carbons (Fsp3) is 0.667. The van der Waals surface area contributed by atoms with Crippen LogP contribution in [0.25, 0.3) is 0 Å². The Kier molecular flexibility index (Phi) is 4.21. The van der Waals surface area contributed by atoms with Gasteiger partial charge in [-0.25, -0.2) is 0 Å². The number of hydrogen-bond donors (Lipinski definition) is 3. The van der Waals surface area contributed by atoms with E-state index in [-0.39, 0.29) is 5.91 Å².